The molecule has 0 saturated carbocycles. The highest BCUT2D eigenvalue weighted by Gasteiger charge is 2.20. The average molecular weight is 464 g/mol. The van der Waals surface area contributed by atoms with Gasteiger partial charge in [0.25, 0.3) is 0 Å². The molecule has 1 amide bonds. The number of carbonyl (C=O) groups is 2. The zero-order valence-corrected chi connectivity index (χ0v) is 19.4. The number of amides is 1. The second-order valence-corrected chi connectivity index (χ2v) is 9.31. The maximum atomic E-state index is 12.8. The van der Waals surface area contributed by atoms with E-state index in [9.17, 15) is 9.59 Å². The maximum absolute atomic E-state index is 12.8. The lowest BCUT2D eigenvalue weighted by Gasteiger charge is -2.13. The Bertz CT molecular complexity index is 1290. The van der Waals surface area contributed by atoms with Crippen molar-refractivity contribution in [3.05, 3.63) is 65.8 Å². The minimum absolute atomic E-state index is 0.0459. The van der Waals surface area contributed by atoms with Crippen LogP contribution in [0, 0.1) is 0 Å². The number of ether oxygens (including phenoxy) is 1. The third-order valence-corrected chi connectivity index (χ3v) is 6.92. The number of ketones is 1. The predicted octanol–water partition coefficient (Wildman–Crippen LogP) is 5.69. The molecular formula is C24H21N3O3S2. The first-order valence-electron chi connectivity index (χ1n) is 9.91. The molecule has 0 aliphatic rings. The first kappa shape index (κ1) is 22.0. The zero-order chi connectivity index (χ0) is 22.7. The summed E-state index contributed by atoms with van der Waals surface area (Å²) in [5.74, 6) is 0.581. The number of fused-ring (bicyclic) bond motifs is 1. The summed E-state index contributed by atoms with van der Waals surface area (Å²) in [5.41, 5.74) is 3.21. The Morgan fingerprint density at radius 2 is 1.91 bits per heavy atom. The van der Waals surface area contributed by atoms with E-state index in [0.717, 1.165) is 32.1 Å². The number of nitrogens with one attached hydrogen (secondary N) is 1. The van der Waals surface area contributed by atoms with E-state index in [1.165, 1.54) is 25.0 Å². The number of methoxy groups -OCH3 is 1. The van der Waals surface area contributed by atoms with Crippen LogP contribution < -0.4 is 10.1 Å². The molecule has 162 valence electrons. The maximum Gasteiger partial charge on any atom is 0.237 e. The fraction of sp³-hybridized carbons (Fsp3) is 0.167. The fourth-order valence-electron chi connectivity index (χ4n) is 3.20. The monoisotopic (exact) mass is 463 g/mol. The van der Waals surface area contributed by atoms with Gasteiger partial charge in [-0.15, -0.1) is 11.3 Å². The van der Waals surface area contributed by atoms with Gasteiger partial charge < -0.3 is 10.1 Å². The summed E-state index contributed by atoms with van der Waals surface area (Å²) in [6, 6.07) is 14.8. The number of anilines is 1. The Labute approximate surface area is 194 Å². The summed E-state index contributed by atoms with van der Waals surface area (Å²) in [7, 11) is 1.64. The van der Waals surface area contributed by atoms with Gasteiger partial charge in [0.15, 0.2) is 5.78 Å². The molecule has 1 atom stereocenters. The molecule has 4 aromatic rings. The molecular weight excluding hydrogens is 442 g/mol. The standard InChI is InChI=1S/C24H21N3O3S2/c1-14(28)17-5-4-6-18(11-17)27-22(29)15(2)32-24-21-20(12-31-23(21)25-13-26-24)16-7-9-19(30-3)10-8-16/h4-13,15H,1-3H3,(H,27,29). The van der Waals surface area contributed by atoms with Crippen molar-refractivity contribution in [1.29, 1.82) is 0 Å². The number of hydrogen-bond acceptors (Lipinski definition) is 7. The summed E-state index contributed by atoms with van der Waals surface area (Å²) in [6.07, 6.45) is 1.53. The van der Waals surface area contributed by atoms with E-state index in [0.29, 0.717) is 11.3 Å². The zero-order valence-electron chi connectivity index (χ0n) is 17.8. The third-order valence-electron chi connectivity index (χ3n) is 4.93. The summed E-state index contributed by atoms with van der Waals surface area (Å²) in [6.45, 7) is 3.34. The van der Waals surface area contributed by atoms with Gasteiger partial charge in [0.1, 0.15) is 21.9 Å². The number of aromatic nitrogens is 2. The summed E-state index contributed by atoms with van der Waals surface area (Å²) < 4.78 is 5.26. The second-order valence-electron chi connectivity index (χ2n) is 7.12. The molecule has 8 heteroatoms. The number of Topliss-reactive ketones (excluding diaryl/α,β-unsaturated/α-hetero) is 1. The second kappa shape index (κ2) is 9.50. The van der Waals surface area contributed by atoms with Gasteiger partial charge in [-0.25, -0.2) is 9.97 Å². The molecule has 2 aromatic heterocycles. The molecule has 6 nitrogen and oxygen atoms in total. The number of hydrogen-bond donors (Lipinski definition) is 1. The number of carbonyl (C=O) groups excluding carboxylic acids is 2. The number of thiophene rings is 1. The molecule has 2 heterocycles. The van der Waals surface area contributed by atoms with Crippen molar-refractivity contribution >= 4 is 50.7 Å². The summed E-state index contributed by atoms with van der Waals surface area (Å²) in [5, 5.41) is 6.23. The molecule has 0 spiro atoms. The van der Waals surface area contributed by atoms with Crippen LogP contribution in [0.3, 0.4) is 0 Å². The number of benzene rings is 2. The van der Waals surface area contributed by atoms with Crippen molar-refractivity contribution in [2.24, 2.45) is 0 Å². The first-order chi connectivity index (χ1) is 15.5. The van der Waals surface area contributed by atoms with Crippen molar-refractivity contribution in [2.75, 3.05) is 12.4 Å². The van der Waals surface area contributed by atoms with E-state index in [1.807, 2.05) is 31.2 Å². The molecule has 1 N–H and O–H groups in total. The molecule has 32 heavy (non-hydrogen) atoms. The normalized spacial score (nSPS) is 11.8. The molecule has 0 aliphatic heterocycles. The number of rotatable bonds is 7. The van der Waals surface area contributed by atoms with Gasteiger partial charge >= 0.3 is 0 Å². The van der Waals surface area contributed by atoms with Crippen LogP contribution >= 0.6 is 23.1 Å². The van der Waals surface area contributed by atoms with Gasteiger partial charge in [-0.3, -0.25) is 9.59 Å². The SMILES string of the molecule is COc1ccc(-c2csc3ncnc(SC(C)C(=O)Nc4cccc(C(C)=O)c4)c23)cc1. The molecule has 0 saturated heterocycles. The number of nitrogens with zero attached hydrogens (tertiary/aromatic N) is 2. The molecule has 2 aromatic carbocycles. The van der Waals surface area contributed by atoms with Gasteiger partial charge in [-0.1, -0.05) is 36.0 Å². The Morgan fingerprint density at radius 3 is 2.62 bits per heavy atom. The highest BCUT2D eigenvalue weighted by Crippen LogP contribution is 2.39. The summed E-state index contributed by atoms with van der Waals surface area (Å²) in [4.78, 5) is 34.2. The van der Waals surface area contributed by atoms with E-state index >= 15 is 0 Å². The van der Waals surface area contributed by atoms with Crippen LogP contribution in [0.2, 0.25) is 0 Å². The van der Waals surface area contributed by atoms with E-state index in [2.05, 4.69) is 20.7 Å². The van der Waals surface area contributed by atoms with Gasteiger partial charge in [-0.2, -0.15) is 0 Å². The molecule has 0 bridgehead atoms. The molecule has 0 fully saturated rings. The van der Waals surface area contributed by atoms with Gasteiger partial charge in [0, 0.05) is 22.2 Å². The van der Waals surface area contributed by atoms with Crippen molar-refractivity contribution in [1.82, 2.24) is 9.97 Å². The van der Waals surface area contributed by atoms with E-state index in [4.69, 9.17) is 4.74 Å². The Morgan fingerprint density at radius 1 is 1.12 bits per heavy atom. The average Bonchev–Trinajstić information content (AvgIpc) is 3.24. The first-order valence-corrected chi connectivity index (χ1v) is 11.7. The fourth-order valence-corrected chi connectivity index (χ4v) is 5.11. The van der Waals surface area contributed by atoms with Crippen LogP contribution in [-0.4, -0.2) is 34.0 Å². The topological polar surface area (TPSA) is 81.2 Å². The van der Waals surface area contributed by atoms with Gasteiger partial charge in [-0.05, 0) is 43.7 Å². The van der Waals surface area contributed by atoms with Gasteiger partial charge in [0.2, 0.25) is 5.91 Å². The van der Waals surface area contributed by atoms with E-state index < -0.39 is 5.25 Å². The smallest absolute Gasteiger partial charge is 0.237 e. The van der Waals surface area contributed by atoms with Crippen LogP contribution in [0.5, 0.6) is 5.75 Å². The lowest BCUT2D eigenvalue weighted by molar-refractivity contribution is -0.115. The van der Waals surface area contributed by atoms with Crippen molar-refractivity contribution < 1.29 is 14.3 Å². The van der Waals surface area contributed by atoms with Crippen molar-refractivity contribution in [3.8, 4) is 16.9 Å². The lowest BCUT2D eigenvalue weighted by Crippen LogP contribution is -2.22. The minimum Gasteiger partial charge on any atom is -0.497 e. The molecule has 0 radical (unpaired) electrons. The van der Waals surface area contributed by atoms with Crippen molar-refractivity contribution in [2.45, 2.75) is 24.1 Å². The minimum atomic E-state index is -0.405. The van der Waals surface area contributed by atoms with Crippen LogP contribution in [0.1, 0.15) is 24.2 Å². The molecule has 4 rings (SSSR count). The molecule has 0 aliphatic carbocycles. The van der Waals surface area contributed by atoms with Gasteiger partial charge in [0.05, 0.1) is 17.7 Å². The van der Waals surface area contributed by atoms with Crippen LogP contribution in [0.25, 0.3) is 21.3 Å². The Hall–Kier alpha value is -3.23. The van der Waals surface area contributed by atoms with E-state index in [1.54, 1.807) is 42.7 Å². The quantitative estimate of drug-likeness (QED) is 0.215. The highest BCUT2D eigenvalue weighted by atomic mass is 32.2. The van der Waals surface area contributed by atoms with Crippen LogP contribution in [0.15, 0.2) is 65.3 Å². The number of thioether (sulfide) groups is 1. The lowest BCUT2D eigenvalue weighted by atomic mass is 10.1. The van der Waals surface area contributed by atoms with Crippen LogP contribution in [-0.2, 0) is 4.79 Å². The summed E-state index contributed by atoms with van der Waals surface area (Å²) >= 11 is 2.93. The third kappa shape index (κ3) is 4.66. The Kier molecular flexibility index (Phi) is 6.53. The predicted molar refractivity (Wildman–Crippen MR) is 130 cm³/mol. The molecule has 1 unspecified atom stereocenters. The Balaban J connectivity index is 1.58. The largest absolute Gasteiger partial charge is 0.497 e. The van der Waals surface area contributed by atoms with E-state index in [-0.39, 0.29) is 11.7 Å². The van der Waals surface area contributed by atoms with Crippen LogP contribution in [0.4, 0.5) is 5.69 Å². The highest BCUT2D eigenvalue weighted by molar-refractivity contribution is 8.00. The van der Waals surface area contributed by atoms with Crippen molar-refractivity contribution in [3.63, 3.8) is 0 Å².